The van der Waals surface area contributed by atoms with E-state index in [1.54, 1.807) is 6.26 Å². The van der Waals surface area contributed by atoms with E-state index in [1.165, 1.54) is 11.1 Å². The third kappa shape index (κ3) is 3.58. The van der Waals surface area contributed by atoms with E-state index in [0.29, 0.717) is 11.7 Å². The summed E-state index contributed by atoms with van der Waals surface area (Å²) in [4.78, 5) is 0. The molecule has 2 N–H and O–H groups in total. The fourth-order valence-electron chi connectivity index (χ4n) is 1.94. The van der Waals surface area contributed by atoms with Gasteiger partial charge in [-0.25, -0.2) is 0 Å². The van der Waals surface area contributed by atoms with Crippen LogP contribution in [0.15, 0.2) is 41.0 Å². The van der Waals surface area contributed by atoms with Crippen LogP contribution in [0.3, 0.4) is 0 Å². The Labute approximate surface area is 119 Å². The summed E-state index contributed by atoms with van der Waals surface area (Å²) in [5, 5.41) is 7.02. The molecule has 1 heterocycles. The minimum atomic E-state index is 0.589. The maximum Gasteiger partial charge on any atom is 0.171 e. The average molecular weight is 274 g/mol. The van der Waals surface area contributed by atoms with Crippen molar-refractivity contribution >= 4 is 23.0 Å². The lowest BCUT2D eigenvalue weighted by Gasteiger charge is -2.15. The predicted molar refractivity (Wildman–Crippen MR) is 82.3 cm³/mol. The van der Waals surface area contributed by atoms with Crippen LogP contribution in [-0.2, 0) is 13.0 Å². The van der Waals surface area contributed by atoms with Gasteiger partial charge in [-0.15, -0.1) is 0 Å². The molecule has 0 saturated carbocycles. The van der Waals surface area contributed by atoms with Crippen molar-refractivity contribution in [2.24, 2.45) is 0 Å². The second-order valence-electron chi connectivity index (χ2n) is 4.35. The third-order valence-corrected chi connectivity index (χ3v) is 3.23. The second-order valence-corrected chi connectivity index (χ2v) is 4.76. The Morgan fingerprint density at radius 2 is 2.11 bits per heavy atom. The fourth-order valence-corrected chi connectivity index (χ4v) is 2.11. The van der Waals surface area contributed by atoms with Crippen molar-refractivity contribution < 1.29 is 4.42 Å². The molecule has 0 aliphatic rings. The number of benzene rings is 1. The summed E-state index contributed by atoms with van der Waals surface area (Å²) < 4.78 is 5.25. The molecule has 1 aromatic heterocycles. The van der Waals surface area contributed by atoms with Crippen LogP contribution >= 0.6 is 12.2 Å². The summed E-state index contributed by atoms with van der Waals surface area (Å²) in [6.07, 6.45) is 2.63. The molecule has 0 atom stereocenters. The Hall–Kier alpha value is -1.81. The molecule has 0 bridgehead atoms. The first-order chi connectivity index (χ1) is 9.20. The summed E-state index contributed by atoms with van der Waals surface area (Å²) in [5.74, 6) is 0.865. The van der Waals surface area contributed by atoms with Gasteiger partial charge in [0, 0.05) is 5.69 Å². The Morgan fingerprint density at radius 1 is 1.26 bits per heavy atom. The number of nitrogens with one attached hydrogen (secondary N) is 2. The number of para-hydroxylation sites is 1. The van der Waals surface area contributed by atoms with E-state index >= 15 is 0 Å². The lowest BCUT2D eigenvalue weighted by Crippen LogP contribution is -2.28. The minimum Gasteiger partial charge on any atom is -0.467 e. The molecule has 0 amide bonds. The van der Waals surface area contributed by atoms with E-state index in [1.807, 2.05) is 12.1 Å². The molecular weight excluding hydrogens is 256 g/mol. The zero-order valence-corrected chi connectivity index (χ0v) is 12.0. The smallest absolute Gasteiger partial charge is 0.171 e. The minimum absolute atomic E-state index is 0.589. The Balaban J connectivity index is 1.99. The molecular formula is C15H18N2OS. The molecule has 0 unspecified atom stereocenters. The highest BCUT2D eigenvalue weighted by atomic mass is 32.1. The van der Waals surface area contributed by atoms with Crippen molar-refractivity contribution in [3.05, 3.63) is 53.5 Å². The number of hydrogen-bond donors (Lipinski definition) is 2. The molecule has 2 rings (SSSR count). The number of aryl methyl sites for hydroxylation is 2. The molecule has 19 heavy (non-hydrogen) atoms. The first kappa shape index (κ1) is 13.6. The highest BCUT2D eigenvalue weighted by Crippen LogP contribution is 2.20. The van der Waals surface area contributed by atoms with Crippen LogP contribution in [0.25, 0.3) is 0 Å². The molecule has 100 valence electrons. The maximum atomic E-state index is 5.31. The number of rotatable bonds is 4. The van der Waals surface area contributed by atoms with Gasteiger partial charge < -0.3 is 15.1 Å². The first-order valence-corrected chi connectivity index (χ1v) is 6.77. The Kier molecular flexibility index (Phi) is 4.58. The third-order valence-electron chi connectivity index (χ3n) is 2.98. The van der Waals surface area contributed by atoms with Gasteiger partial charge >= 0.3 is 0 Å². The average Bonchev–Trinajstić information content (AvgIpc) is 2.92. The fraction of sp³-hybridized carbons (Fsp3) is 0.267. The van der Waals surface area contributed by atoms with Crippen LogP contribution in [0.1, 0.15) is 23.8 Å². The van der Waals surface area contributed by atoms with Gasteiger partial charge in [0.2, 0.25) is 0 Å². The van der Waals surface area contributed by atoms with Crippen LogP contribution in [0.5, 0.6) is 0 Å². The quantitative estimate of drug-likeness (QED) is 0.835. The van der Waals surface area contributed by atoms with Crippen molar-refractivity contribution in [3.63, 3.8) is 0 Å². The zero-order chi connectivity index (χ0) is 13.7. The zero-order valence-electron chi connectivity index (χ0n) is 11.2. The molecule has 0 radical (unpaired) electrons. The summed E-state index contributed by atoms with van der Waals surface area (Å²) >= 11 is 5.31. The van der Waals surface area contributed by atoms with Crippen LogP contribution in [-0.4, -0.2) is 5.11 Å². The van der Waals surface area contributed by atoms with Gasteiger partial charge in [-0.05, 0) is 48.8 Å². The summed E-state index contributed by atoms with van der Waals surface area (Å²) in [7, 11) is 0. The highest BCUT2D eigenvalue weighted by molar-refractivity contribution is 7.80. The van der Waals surface area contributed by atoms with Crippen molar-refractivity contribution in [1.82, 2.24) is 5.32 Å². The first-order valence-electron chi connectivity index (χ1n) is 6.36. The predicted octanol–water partition coefficient (Wildman–Crippen LogP) is 3.64. The van der Waals surface area contributed by atoms with Gasteiger partial charge in [0.05, 0.1) is 12.8 Å². The van der Waals surface area contributed by atoms with Gasteiger partial charge in [-0.2, -0.15) is 0 Å². The highest BCUT2D eigenvalue weighted by Gasteiger charge is 2.06. The summed E-state index contributed by atoms with van der Waals surface area (Å²) in [6, 6.07) is 10.0. The standard InChI is InChI=1S/C15H18N2OS/c1-3-12-7-4-6-11(2)14(12)17-15(19)16-10-13-8-5-9-18-13/h4-9H,3,10H2,1-2H3,(H2,16,17,19). The number of anilines is 1. The van der Waals surface area contributed by atoms with Gasteiger partial charge in [0.15, 0.2) is 5.11 Å². The summed E-state index contributed by atoms with van der Waals surface area (Å²) in [5.41, 5.74) is 3.56. The molecule has 0 fully saturated rings. The van der Waals surface area contributed by atoms with Gasteiger partial charge in [0.25, 0.3) is 0 Å². The SMILES string of the molecule is CCc1cccc(C)c1NC(=S)NCc1ccco1. The largest absolute Gasteiger partial charge is 0.467 e. The van der Waals surface area contributed by atoms with Crippen LogP contribution < -0.4 is 10.6 Å². The molecule has 0 aliphatic carbocycles. The number of furan rings is 1. The molecule has 0 aliphatic heterocycles. The van der Waals surface area contributed by atoms with E-state index in [2.05, 4.69) is 42.7 Å². The molecule has 1 aromatic carbocycles. The normalized spacial score (nSPS) is 10.2. The topological polar surface area (TPSA) is 37.2 Å². The van der Waals surface area contributed by atoms with E-state index in [0.717, 1.165) is 17.9 Å². The lowest BCUT2D eigenvalue weighted by atomic mass is 10.1. The molecule has 0 spiro atoms. The Bertz CT molecular complexity index is 549. The van der Waals surface area contributed by atoms with Crippen molar-refractivity contribution in [2.75, 3.05) is 5.32 Å². The van der Waals surface area contributed by atoms with E-state index in [9.17, 15) is 0 Å². The van der Waals surface area contributed by atoms with Crippen molar-refractivity contribution in [3.8, 4) is 0 Å². The van der Waals surface area contributed by atoms with E-state index in [4.69, 9.17) is 16.6 Å². The summed E-state index contributed by atoms with van der Waals surface area (Å²) in [6.45, 7) is 4.81. The molecule has 3 nitrogen and oxygen atoms in total. The molecule has 4 heteroatoms. The van der Waals surface area contributed by atoms with Gasteiger partial charge in [0.1, 0.15) is 5.76 Å². The molecule has 2 aromatic rings. The number of hydrogen-bond acceptors (Lipinski definition) is 2. The van der Waals surface area contributed by atoms with E-state index in [-0.39, 0.29) is 0 Å². The van der Waals surface area contributed by atoms with Crippen LogP contribution in [0, 0.1) is 6.92 Å². The van der Waals surface area contributed by atoms with Crippen molar-refractivity contribution in [1.29, 1.82) is 0 Å². The number of thiocarbonyl (C=S) groups is 1. The molecule has 0 saturated heterocycles. The van der Waals surface area contributed by atoms with Crippen LogP contribution in [0.2, 0.25) is 0 Å². The monoisotopic (exact) mass is 274 g/mol. The van der Waals surface area contributed by atoms with E-state index < -0.39 is 0 Å². The van der Waals surface area contributed by atoms with Crippen molar-refractivity contribution in [2.45, 2.75) is 26.8 Å². The second kappa shape index (κ2) is 6.38. The Morgan fingerprint density at radius 3 is 2.79 bits per heavy atom. The maximum absolute atomic E-state index is 5.31. The lowest BCUT2D eigenvalue weighted by molar-refractivity contribution is 0.503. The van der Waals surface area contributed by atoms with Gasteiger partial charge in [-0.3, -0.25) is 0 Å². The van der Waals surface area contributed by atoms with Crippen LogP contribution in [0.4, 0.5) is 5.69 Å². The van der Waals surface area contributed by atoms with Gasteiger partial charge in [-0.1, -0.05) is 25.1 Å².